The molecule has 2 aromatic rings. The molecule has 2 aromatic carbocycles. The fourth-order valence-corrected chi connectivity index (χ4v) is 4.14. The van der Waals surface area contributed by atoms with E-state index in [1.54, 1.807) is 0 Å². The fraction of sp³-hybridized carbons (Fsp3) is 0.435. The molecule has 2 aliphatic heterocycles. The lowest BCUT2D eigenvalue weighted by Gasteiger charge is -2.19. The molecule has 0 radical (unpaired) electrons. The first kappa shape index (κ1) is 18.1. The van der Waals surface area contributed by atoms with Crippen LogP contribution in [0, 0.1) is 5.92 Å². The summed E-state index contributed by atoms with van der Waals surface area (Å²) in [6, 6.07) is 17.3. The van der Waals surface area contributed by atoms with E-state index in [2.05, 4.69) is 64.1 Å². The lowest BCUT2D eigenvalue weighted by atomic mass is 10.0. The highest BCUT2D eigenvalue weighted by molar-refractivity contribution is 5.75. The second-order valence-corrected chi connectivity index (χ2v) is 7.79. The Morgan fingerprint density at radius 1 is 1.11 bits per heavy atom. The van der Waals surface area contributed by atoms with E-state index in [1.807, 2.05) is 0 Å². The van der Waals surface area contributed by atoms with Crippen molar-refractivity contribution in [3.05, 3.63) is 65.2 Å². The van der Waals surface area contributed by atoms with Gasteiger partial charge in [0.1, 0.15) is 0 Å². The zero-order valence-electron chi connectivity index (χ0n) is 15.9. The van der Waals surface area contributed by atoms with Crippen LogP contribution in [0.4, 0.5) is 5.69 Å². The summed E-state index contributed by atoms with van der Waals surface area (Å²) in [7, 11) is 0. The van der Waals surface area contributed by atoms with Crippen molar-refractivity contribution >= 4 is 11.6 Å². The van der Waals surface area contributed by atoms with Crippen molar-refractivity contribution in [1.82, 2.24) is 10.6 Å². The van der Waals surface area contributed by atoms with E-state index in [9.17, 15) is 4.79 Å². The lowest BCUT2D eigenvalue weighted by molar-refractivity contribution is -0.121. The molecule has 1 fully saturated rings. The molecule has 2 heterocycles. The van der Waals surface area contributed by atoms with Crippen molar-refractivity contribution in [3.8, 4) is 0 Å². The van der Waals surface area contributed by atoms with Gasteiger partial charge in [0, 0.05) is 31.7 Å². The molecule has 0 spiro atoms. The molecule has 4 rings (SSSR count). The lowest BCUT2D eigenvalue weighted by Crippen LogP contribution is -2.23. The van der Waals surface area contributed by atoms with Crippen LogP contribution in [0.5, 0.6) is 0 Å². The average molecular weight is 364 g/mol. The Balaban J connectivity index is 1.24. The second-order valence-electron chi connectivity index (χ2n) is 7.79. The van der Waals surface area contributed by atoms with E-state index in [4.69, 9.17) is 0 Å². The summed E-state index contributed by atoms with van der Waals surface area (Å²) in [5.41, 5.74) is 5.29. The van der Waals surface area contributed by atoms with Crippen molar-refractivity contribution in [3.63, 3.8) is 0 Å². The third-order valence-electron chi connectivity index (χ3n) is 5.81. The largest absolute Gasteiger partial charge is 0.367 e. The number of rotatable bonds is 7. The van der Waals surface area contributed by atoms with E-state index < -0.39 is 0 Å². The van der Waals surface area contributed by atoms with Crippen molar-refractivity contribution in [1.29, 1.82) is 0 Å². The van der Waals surface area contributed by atoms with Gasteiger partial charge in [0.2, 0.25) is 5.91 Å². The highest BCUT2D eigenvalue weighted by Crippen LogP contribution is 2.28. The molecule has 1 amide bonds. The Hall–Kier alpha value is -2.33. The summed E-state index contributed by atoms with van der Waals surface area (Å²) in [5, 5.41) is 6.41. The molecule has 27 heavy (non-hydrogen) atoms. The minimum Gasteiger partial charge on any atom is -0.367 e. The maximum absolute atomic E-state index is 12.0. The molecule has 1 unspecified atom stereocenters. The van der Waals surface area contributed by atoms with Gasteiger partial charge in [-0.3, -0.25) is 4.79 Å². The van der Waals surface area contributed by atoms with E-state index >= 15 is 0 Å². The molecule has 2 aliphatic rings. The van der Waals surface area contributed by atoms with Gasteiger partial charge in [0.25, 0.3) is 0 Å². The van der Waals surface area contributed by atoms with Gasteiger partial charge < -0.3 is 15.5 Å². The fourth-order valence-electron chi connectivity index (χ4n) is 4.14. The van der Waals surface area contributed by atoms with Gasteiger partial charge in [-0.2, -0.15) is 0 Å². The predicted molar refractivity (Wildman–Crippen MR) is 110 cm³/mol. The van der Waals surface area contributed by atoms with Crippen molar-refractivity contribution in [2.75, 3.05) is 24.5 Å². The van der Waals surface area contributed by atoms with E-state index in [1.165, 1.54) is 23.2 Å². The summed E-state index contributed by atoms with van der Waals surface area (Å²) >= 11 is 0. The maximum atomic E-state index is 12.0. The van der Waals surface area contributed by atoms with Gasteiger partial charge in [-0.15, -0.1) is 0 Å². The number of nitrogens with one attached hydrogen (secondary N) is 2. The molecule has 0 bridgehead atoms. The van der Waals surface area contributed by atoms with Crippen LogP contribution in [-0.4, -0.2) is 25.5 Å². The first-order valence-electron chi connectivity index (χ1n) is 10.2. The zero-order chi connectivity index (χ0) is 18.5. The maximum Gasteiger partial charge on any atom is 0.220 e. The topological polar surface area (TPSA) is 44.4 Å². The van der Waals surface area contributed by atoms with Crippen LogP contribution in [0.15, 0.2) is 48.5 Å². The second kappa shape index (κ2) is 8.57. The number of fused-ring (bicyclic) bond motifs is 1. The molecule has 1 atom stereocenters. The van der Waals surface area contributed by atoms with Crippen LogP contribution in [0.2, 0.25) is 0 Å². The minimum absolute atomic E-state index is 0.166. The summed E-state index contributed by atoms with van der Waals surface area (Å²) in [5.74, 6) is 0.838. The summed E-state index contributed by atoms with van der Waals surface area (Å²) < 4.78 is 0. The highest BCUT2D eigenvalue weighted by atomic mass is 16.1. The number of hydrogen-bond donors (Lipinski definition) is 2. The molecular formula is C23H29N3O. The quantitative estimate of drug-likeness (QED) is 0.794. The monoisotopic (exact) mass is 363 g/mol. The van der Waals surface area contributed by atoms with Crippen LogP contribution in [0.1, 0.15) is 36.0 Å². The molecule has 0 aliphatic carbocycles. The molecule has 2 N–H and O–H groups in total. The highest BCUT2D eigenvalue weighted by Gasteiger charge is 2.18. The third kappa shape index (κ3) is 4.69. The number of carbonyl (C=O) groups is 1. The van der Waals surface area contributed by atoms with Crippen LogP contribution in [0.3, 0.4) is 0 Å². The Labute approximate surface area is 162 Å². The summed E-state index contributed by atoms with van der Waals surface area (Å²) in [4.78, 5) is 14.5. The molecule has 1 saturated heterocycles. The predicted octanol–water partition coefficient (Wildman–Crippen LogP) is 3.26. The number of nitrogens with zero attached hydrogens (tertiary/aromatic N) is 1. The summed E-state index contributed by atoms with van der Waals surface area (Å²) in [6.07, 6.45) is 3.97. The zero-order valence-corrected chi connectivity index (χ0v) is 15.9. The third-order valence-corrected chi connectivity index (χ3v) is 5.81. The molecule has 4 heteroatoms. The number of para-hydroxylation sites is 1. The first-order chi connectivity index (χ1) is 13.3. The number of amides is 1. The molecule has 0 saturated carbocycles. The van der Waals surface area contributed by atoms with Gasteiger partial charge in [-0.05, 0) is 61.0 Å². The van der Waals surface area contributed by atoms with Gasteiger partial charge in [-0.1, -0.05) is 42.5 Å². The average Bonchev–Trinajstić information content (AvgIpc) is 3.36. The van der Waals surface area contributed by atoms with Gasteiger partial charge in [0.05, 0.1) is 0 Å². The Kier molecular flexibility index (Phi) is 5.73. The summed E-state index contributed by atoms with van der Waals surface area (Å²) in [6.45, 7) is 4.82. The molecule has 142 valence electrons. The normalized spacial score (nSPS) is 18.5. The molecule has 4 nitrogen and oxygen atoms in total. The van der Waals surface area contributed by atoms with Gasteiger partial charge in [0.15, 0.2) is 0 Å². The number of benzene rings is 2. The number of carbonyl (C=O) groups excluding carboxylic acids is 1. The van der Waals surface area contributed by atoms with Crippen molar-refractivity contribution in [2.45, 2.75) is 38.8 Å². The standard InChI is InChI=1S/C23H29N3O/c27-23(10-9-19-11-13-24-15-19)25-16-18-5-7-20(8-6-18)17-26-14-12-21-3-1-2-4-22(21)26/h1-8,19,24H,9-17H2,(H,25,27). The number of anilines is 1. The SMILES string of the molecule is O=C(CCC1CCNC1)NCc1ccc(CN2CCc3ccccc32)cc1. The van der Waals surface area contributed by atoms with Crippen LogP contribution in [0.25, 0.3) is 0 Å². The Bertz CT molecular complexity index is 765. The van der Waals surface area contributed by atoms with Crippen LogP contribution in [-0.2, 0) is 24.3 Å². The van der Waals surface area contributed by atoms with Crippen molar-refractivity contribution < 1.29 is 4.79 Å². The molecule has 0 aromatic heterocycles. The van der Waals surface area contributed by atoms with Gasteiger partial charge in [-0.25, -0.2) is 0 Å². The number of hydrogen-bond acceptors (Lipinski definition) is 3. The smallest absolute Gasteiger partial charge is 0.220 e. The van der Waals surface area contributed by atoms with Crippen LogP contribution < -0.4 is 15.5 Å². The van der Waals surface area contributed by atoms with Gasteiger partial charge >= 0.3 is 0 Å². The minimum atomic E-state index is 0.166. The van der Waals surface area contributed by atoms with E-state index in [-0.39, 0.29) is 5.91 Å². The Morgan fingerprint density at radius 3 is 2.74 bits per heavy atom. The van der Waals surface area contributed by atoms with E-state index in [0.717, 1.165) is 44.6 Å². The Morgan fingerprint density at radius 2 is 1.93 bits per heavy atom. The molecular weight excluding hydrogens is 334 g/mol. The van der Waals surface area contributed by atoms with Crippen LogP contribution >= 0.6 is 0 Å². The first-order valence-corrected chi connectivity index (χ1v) is 10.2. The van der Waals surface area contributed by atoms with E-state index in [0.29, 0.717) is 18.9 Å². The van der Waals surface area contributed by atoms with Crippen molar-refractivity contribution in [2.24, 2.45) is 5.92 Å².